The summed E-state index contributed by atoms with van der Waals surface area (Å²) in [6.07, 6.45) is 6.68. The predicted octanol–water partition coefficient (Wildman–Crippen LogP) is 3.77. The average molecular weight is 471 g/mol. The van der Waals surface area contributed by atoms with Crippen LogP contribution in [0.2, 0.25) is 5.02 Å². The largest absolute Gasteiger partial charge is 0.340 e. The van der Waals surface area contributed by atoms with Gasteiger partial charge in [-0.1, -0.05) is 11.6 Å². The molecule has 168 valence electrons. The summed E-state index contributed by atoms with van der Waals surface area (Å²) >= 11 is 6.29. The molecule has 0 spiro atoms. The van der Waals surface area contributed by atoms with Gasteiger partial charge in [-0.15, -0.1) is 5.10 Å². The molecule has 0 unspecified atom stereocenters. The fourth-order valence-electron chi connectivity index (χ4n) is 4.50. The van der Waals surface area contributed by atoms with Crippen LogP contribution >= 0.6 is 11.6 Å². The number of halogens is 1. The van der Waals surface area contributed by atoms with Crippen LogP contribution in [0.25, 0.3) is 28.1 Å². The second-order valence-corrected chi connectivity index (χ2v) is 8.72. The SMILES string of the molecule is Cc1ccc(-c2cnc([C@@H]3CCc4cc(-c5cc(Cl)ccc5-n5cnnn5)cc(=O)n43)[nH]2)cn1. The van der Waals surface area contributed by atoms with Crippen LogP contribution in [0.1, 0.15) is 29.7 Å². The van der Waals surface area contributed by atoms with Crippen molar-refractivity contribution in [1.29, 1.82) is 0 Å². The van der Waals surface area contributed by atoms with Crippen molar-refractivity contribution >= 4 is 11.6 Å². The molecular formula is C24H19ClN8O. The van der Waals surface area contributed by atoms with Crippen molar-refractivity contribution in [3.05, 3.63) is 93.8 Å². The fourth-order valence-corrected chi connectivity index (χ4v) is 4.67. The molecule has 1 atom stereocenters. The Morgan fingerprint density at radius 3 is 2.76 bits per heavy atom. The monoisotopic (exact) mass is 470 g/mol. The maximum atomic E-state index is 13.3. The molecule has 10 heteroatoms. The van der Waals surface area contributed by atoms with Crippen LogP contribution in [0.15, 0.2) is 66.0 Å². The molecule has 1 aromatic carbocycles. The first kappa shape index (κ1) is 20.5. The van der Waals surface area contributed by atoms with Crippen LogP contribution in [0, 0.1) is 6.92 Å². The first-order valence-electron chi connectivity index (χ1n) is 10.8. The van der Waals surface area contributed by atoms with Crippen molar-refractivity contribution in [2.24, 2.45) is 0 Å². The molecule has 0 fully saturated rings. The van der Waals surface area contributed by atoms with Gasteiger partial charge in [0.15, 0.2) is 0 Å². The molecule has 5 heterocycles. The molecule has 1 aliphatic heterocycles. The van der Waals surface area contributed by atoms with Crippen LogP contribution in [0.4, 0.5) is 0 Å². The molecule has 0 amide bonds. The Bertz CT molecular complexity index is 1550. The van der Waals surface area contributed by atoms with Crippen molar-refractivity contribution < 1.29 is 0 Å². The van der Waals surface area contributed by atoms with Crippen molar-refractivity contribution in [3.8, 4) is 28.1 Å². The minimum atomic E-state index is -0.151. The minimum absolute atomic E-state index is 0.0902. The van der Waals surface area contributed by atoms with E-state index in [-0.39, 0.29) is 11.6 Å². The third-order valence-corrected chi connectivity index (χ3v) is 6.37. The Hall–Kier alpha value is -4.11. The van der Waals surface area contributed by atoms with Gasteiger partial charge in [0.1, 0.15) is 12.2 Å². The number of tetrazole rings is 1. The second kappa shape index (κ2) is 8.03. The predicted molar refractivity (Wildman–Crippen MR) is 127 cm³/mol. The molecule has 34 heavy (non-hydrogen) atoms. The second-order valence-electron chi connectivity index (χ2n) is 8.28. The number of H-pyrrole nitrogens is 1. The third kappa shape index (κ3) is 3.50. The zero-order valence-electron chi connectivity index (χ0n) is 18.2. The van der Waals surface area contributed by atoms with Gasteiger partial charge in [0.05, 0.1) is 23.6 Å². The highest BCUT2D eigenvalue weighted by atomic mass is 35.5. The normalized spacial score (nSPS) is 14.9. The van der Waals surface area contributed by atoms with E-state index in [1.54, 1.807) is 23.0 Å². The molecule has 6 rings (SSSR count). The number of hydrogen-bond acceptors (Lipinski definition) is 6. The Labute approximate surface area is 199 Å². The maximum Gasteiger partial charge on any atom is 0.252 e. The number of nitrogens with one attached hydrogen (secondary N) is 1. The topological polar surface area (TPSA) is 107 Å². The van der Waals surface area contributed by atoms with Gasteiger partial charge >= 0.3 is 0 Å². The summed E-state index contributed by atoms with van der Waals surface area (Å²) in [5.74, 6) is 0.765. The number of benzene rings is 1. The minimum Gasteiger partial charge on any atom is -0.340 e. The smallest absolute Gasteiger partial charge is 0.252 e. The van der Waals surface area contributed by atoms with Crippen LogP contribution in [0.5, 0.6) is 0 Å². The number of aromatic nitrogens is 8. The van der Waals surface area contributed by atoms with Crippen LogP contribution in [0.3, 0.4) is 0 Å². The third-order valence-electron chi connectivity index (χ3n) is 6.13. The Kier molecular flexibility index (Phi) is 4.84. The van der Waals surface area contributed by atoms with E-state index >= 15 is 0 Å². The van der Waals surface area contributed by atoms with E-state index < -0.39 is 0 Å². The molecule has 0 aliphatic carbocycles. The number of aryl methyl sites for hydroxylation is 2. The highest BCUT2D eigenvalue weighted by Crippen LogP contribution is 2.34. The Morgan fingerprint density at radius 1 is 1.06 bits per heavy atom. The van der Waals surface area contributed by atoms with E-state index in [0.717, 1.165) is 58.1 Å². The summed E-state index contributed by atoms with van der Waals surface area (Å²) in [6, 6.07) is 12.9. The summed E-state index contributed by atoms with van der Waals surface area (Å²) in [5.41, 5.74) is 5.96. The molecule has 0 saturated heterocycles. The van der Waals surface area contributed by atoms with Crippen LogP contribution in [-0.2, 0) is 6.42 Å². The molecule has 0 bridgehead atoms. The van der Waals surface area contributed by atoms with Gasteiger partial charge in [0, 0.05) is 39.8 Å². The van der Waals surface area contributed by atoms with Gasteiger partial charge in [-0.25, -0.2) is 4.98 Å². The summed E-state index contributed by atoms with van der Waals surface area (Å²) in [5, 5.41) is 12.0. The van der Waals surface area contributed by atoms with Crippen molar-refractivity contribution in [2.45, 2.75) is 25.8 Å². The molecular weight excluding hydrogens is 452 g/mol. The lowest BCUT2D eigenvalue weighted by Gasteiger charge is -2.15. The number of aromatic amines is 1. The van der Waals surface area contributed by atoms with E-state index in [4.69, 9.17) is 11.6 Å². The van der Waals surface area contributed by atoms with Gasteiger partial charge in [0.2, 0.25) is 0 Å². The highest BCUT2D eigenvalue weighted by Gasteiger charge is 2.28. The number of pyridine rings is 2. The zero-order chi connectivity index (χ0) is 23.2. The van der Waals surface area contributed by atoms with Crippen molar-refractivity contribution in [3.63, 3.8) is 0 Å². The number of rotatable bonds is 4. The summed E-state index contributed by atoms with van der Waals surface area (Å²) in [4.78, 5) is 25.7. The molecule has 1 N–H and O–H groups in total. The first-order valence-corrected chi connectivity index (χ1v) is 11.2. The fraction of sp³-hybridized carbons (Fsp3) is 0.167. The first-order chi connectivity index (χ1) is 16.6. The standard InChI is InChI=1S/C24H19ClN8O/c1-14-2-3-15(11-26-14)20-12-27-24(29-20)22-7-5-18-8-16(9-23(34)33(18)22)19-10-17(25)4-6-21(19)32-13-28-30-31-32/h2-4,6,8-13,22H,5,7H2,1H3,(H,27,29)/t22-/m0/s1. The van der Waals surface area contributed by atoms with E-state index in [2.05, 4.69) is 30.5 Å². The van der Waals surface area contributed by atoms with Gasteiger partial charge in [-0.2, -0.15) is 4.68 Å². The van der Waals surface area contributed by atoms with E-state index in [9.17, 15) is 4.79 Å². The quantitative estimate of drug-likeness (QED) is 0.428. The van der Waals surface area contributed by atoms with Crippen LogP contribution in [-0.4, -0.2) is 39.7 Å². The number of nitrogens with zero attached hydrogens (tertiary/aromatic N) is 7. The van der Waals surface area contributed by atoms with E-state index in [0.29, 0.717) is 5.02 Å². The number of fused-ring (bicyclic) bond motifs is 1. The van der Waals surface area contributed by atoms with Crippen molar-refractivity contribution in [1.82, 2.24) is 39.7 Å². The molecule has 1 aliphatic rings. The zero-order valence-corrected chi connectivity index (χ0v) is 18.9. The lowest BCUT2D eigenvalue weighted by molar-refractivity contribution is 0.572. The lowest BCUT2D eigenvalue weighted by atomic mass is 10.0. The highest BCUT2D eigenvalue weighted by molar-refractivity contribution is 6.31. The molecule has 0 saturated carbocycles. The number of imidazole rings is 1. The van der Waals surface area contributed by atoms with Gasteiger partial charge in [-0.05, 0) is 72.2 Å². The summed E-state index contributed by atoms with van der Waals surface area (Å²) < 4.78 is 3.38. The lowest BCUT2D eigenvalue weighted by Crippen LogP contribution is -2.23. The van der Waals surface area contributed by atoms with Gasteiger partial charge in [0.25, 0.3) is 5.56 Å². The number of hydrogen-bond donors (Lipinski definition) is 1. The van der Waals surface area contributed by atoms with Gasteiger partial charge < -0.3 is 9.55 Å². The molecule has 5 aromatic rings. The Balaban J connectivity index is 1.39. The molecule has 9 nitrogen and oxygen atoms in total. The molecule has 4 aromatic heterocycles. The van der Waals surface area contributed by atoms with Crippen molar-refractivity contribution in [2.75, 3.05) is 0 Å². The van der Waals surface area contributed by atoms with E-state index in [1.165, 1.54) is 6.33 Å². The maximum absolute atomic E-state index is 13.3. The van der Waals surface area contributed by atoms with Crippen LogP contribution < -0.4 is 5.56 Å². The van der Waals surface area contributed by atoms with Gasteiger partial charge in [-0.3, -0.25) is 9.78 Å². The summed E-state index contributed by atoms with van der Waals surface area (Å²) in [7, 11) is 0. The molecule has 0 radical (unpaired) electrons. The van der Waals surface area contributed by atoms with E-state index in [1.807, 2.05) is 48.0 Å². The average Bonchev–Trinajstić information content (AvgIpc) is 3.60. The summed E-state index contributed by atoms with van der Waals surface area (Å²) in [6.45, 7) is 1.95. The Morgan fingerprint density at radius 2 is 1.97 bits per heavy atom.